The summed E-state index contributed by atoms with van der Waals surface area (Å²) >= 11 is 11.9. The Labute approximate surface area is 117 Å². The predicted octanol–water partition coefficient (Wildman–Crippen LogP) is 3.54. The van der Waals surface area contributed by atoms with Gasteiger partial charge in [-0.15, -0.1) is 0 Å². The molecule has 100 valence electrons. The Balaban J connectivity index is 2.70. The van der Waals surface area contributed by atoms with Gasteiger partial charge >= 0.3 is 5.97 Å². The first-order chi connectivity index (χ1) is 8.42. The summed E-state index contributed by atoms with van der Waals surface area (Å²) in [6.07, 6.45) is 0. The summed E-state index contributed by atoms with van der Waals surface area (Å²) in [5.41, 5.74) is 0.993. The minimum Gasteiger partial charge on any atom is -0.481 e. The maximum absolute atomic E-state index is 10.8. The van der Waals surface area contributed by atoms with E-state index in [9.17, 15) is 4.79 Å². The van der Waals surface area contributed by atoms with Crippen molar-refractivity contribution >= 4 is 29.2 Å². The molecule has 1 aromatic carbocycles. The largest absolute Gasteiger partial charge is 0.481 e. The highest BCUT2D eigenvalue weighted by atomic mass is 35.5. The molecule has 0 aliphatic rings. The maximum atomic E-state index is 10.8. The smallest absolute Gasteiger partial charge is 0.307 e. The minimum atomic E-state index is -0.780. The average molecular weight is 290 g/mol. The number of benzene rings is 1. The molecular weight excluding hydrogens is 273 g/mol. The van der Waals surface area contributed by atoms with Crippen LogP contribution in [0, 0.1) is 5.92 Å². The fourth-order valence-corrected chi connectivity index (χ4v) is 2.30. The van der Waals surface area contributed by atoms with E-state index in [2.05, 4.69) is 4.90 Å². The third-order valence-electron chi connectivity index (χ3n) is 2.73. The summed E-state index contributed by atoms with van der Waals surface area (Å²) in [5.74, 6) is -1.17. The SMILES string of the molecule is CCN(Cc1cc(Cl)cc(Cl)c1)CC(C)C(=O)O. The van der Waals surface area contributed by atoms with Crippen LogP contribution < -0.4 is 0 Å². The first kappa shape index (κ1) is 15.3. The highest BCUT2D eigenvalue weighted by Gasteiger charge is 2.15. The Morgan fingerprint density at radius 1 is 1.33 bits per heavy atom. The fraction of sp³-hybridized carbons (Fsp3) is 0.462. The van der Waals surface area contributed by atoms with Gasteiger partial charge in [0, 0.05) is 23.1 Å². The van der Waals surface area contributed by atoms with Gasteiger partial charge in [-0.2, -0.15) is 0 Å². The molecule has 18 heavy (non-hydrogen) atoms. The van der Waals surface area contributed by atoms with Crippen molar-refractivity contribution in [3.05, 3.63) is 33.8 Å². The lowest BCUT2D eigenvalue weighted by Crippen LogP contribution is -2.31. The molecule has 0 aliphatic heterocycles. The van der Waals surface area contributed by atoms with E-state index in [-0.39, 0.29) is 5.92 Å². The van der Waals surface area contributed by atoms with Crippen molar-refractivity contribution in [2.24, 2.45) is 5.92 Å². The number of rotatable bonds is 6. The van der Waals surface area contributed by atoms with Gasteiger partial charge in [-0.1, -0.05) is 37.0 Å². The van der Waals surface area contributed by atoms with Crippen LogP contribution in [0.1, 0.15) is 19.4 Å². The molecule has 0 saturated heterocycles. The molecule has 0 fully saturated rings. The standard InChI is InChI=1S/C13H17Cl2NO2/c1-3-16(7-9(2)13(17)18)8-10-4-11(14)6-12(15)5-10/h4-6,9H,3,7-8H2,1-2H3,(H,17,18). The van der Waals surface area contributed by atoms with Crippen molar-refractivity contribution < 1.29 is 9.90 Å². The predicted molar refractivity (Wildman–Crippen MR) is 74.2 cm³/mol. The topological polar surface area (TPSA) is 40.5 Å². The molecule has 0 aliphatic carbocycles. The number of aliphatic carboxylic acids is 1. The molecule has 1 aromatic rings. The lowest BCUT2D eigenvalue weighted by Gasteiger charge is -2.22. The third kappa shape index (κ3) is 4.84. The number of halogens is 2. The zero-order valence-electron chi connectivity index (χ0n) is 10.5. The molecule has 1 rings (SSSR count). The van der Waals surface area contributed by atoms with E-state index < -0.39 is 5.97 Å². The van der Waals surface area contributed by atoms with Gasteiger partial charge in [-0.3, -0.25) is 9.69 Å². The number of carbonyl (C=O) groups is 1. The van der Waals surface area contributed by atoms with E-state index in [1.165, 1.54) is 0 Å². The van der Waals surface area contributed by atoms with Gasteiger partial charge in [-0.05, 0) is 30.3 Å². The number of carboxylic acids is 1. The van der Waals surface area contributed by atoms with Crippen LogP contribution in [0.15, 0.2) is 18.2 Å². The van der Waals surface area contributed by atoms with E-state index in [1.807, 2.05) is 19.1 Å². The monoisotopic (exact) mass is 289 g/mol. The summed E-state index contributed by atoms with van der Waals surface area (Å²) in [4.78, 5) is 12.9. The van der Waals surface area contributed by atoms with Crippen molar-refractivity contribution in [2.75, 3.05) is 13.1 Å². The average Bonchev–Trinajstić information content (AvgIpc) is 2.26. The summed E-state index contributed by atoms with van der Waals surface area (Å²) in [5, 5.41) is 10.1. The molecule has 0 aromatic heterocycles. The second-order valence-electron chi connectivity index (χ2n) is 4.34. The maximum Gasteiger partial charge on any atom is 0.307 e. The molecule has 0 saturated carbocycles. The summed E-state index contributed by atoms with van der Waals surface area (Å²) in [7, 11) is 0. The van der Waals surface area contributed by atoms with Gasteiger partial charge in [-0.25, -0.2) is 0 Å². The minimum absolute atomic E-state index is 0.389. The van der Waals surface area contributed by atoms with E-state index in [1.54, 1.807) is 13.0 Å². The molecule has 0 radical (unpaired) electrons. The zero-order valence-corrected chi connectivity index (χ0v) is 12.0. The highest BCUT2D eigenvalue weighted by molar-refractivity contribution is 6.34. The highest BCUT2D eigenvalue weighted by Crippen LogP contribution is 2.20. The van der Waals surface area contributed by atoms with Crippen molar-refractivity contribution in [1.29, 1.82) is 0 Å². The molecular formula is C13H17Cl2NO2. The van der Waals surface area contributed by atoms with Crippen molar-refractivity contribution in [2.45, 2.75) is 20.4 Å². The van der Waals surface area contributed by atoms with Gasteiger partial charge < -0.3 is 5.11 Å². The van der Waals surface area contributed by atoms with E-state index in [4.69, 9.17) is 28.3 Å². The third-order valence-corrected chi connectivity index (χ3v) is 3.17. The molecule has 0 bridgehead atoms. The summed E-state index contributed by atoms with van der Waals surface area (Å²) < 4.78 is 0. The molecule has 1 N–H and O–H groups in total. The normalized spacial score (nSPS) is 12.7. The number of carboxylic acid groups (broad SMARTS) is 1. The Morgan fingerprint density at radius 3 is 2.33 bits per heavy atom. The molecule has 1 atom stereocenters. The van der Waals surface area contributed by atoms with Crippen LogP contribution in [-0.4, -0.2) is 29.1 Å². The van der Waals surface area contributed by atoms with Gasteiger partial charge in [0.15, 0.2) is 0 Å². The lowest BCUT2D eigenvalue weighted by molar-refractivity contribution is -0.141. The lowest BCUT2D eigenvalue weighted by atomic mass is 10.1. The van der Waals surface area contributed by atoms with E-state index in [0.717, 1.165) is 12.1 Å². The molecule has 0 amide bonds. The van der Waals surface area contributed by atoms with Crippen LogP contribution in [0.2, 0.25) is 10.0 Å². The quantitative estimate of drug-likeness (QED) is 0.871. The van der Waals surface area contributed by atoms with E-state index in [0.29, 0.717) is 23.1 Å². The number of hydrogen-bond donors (Lipinski definition) is 1. The Hall–Kier alpha value is -0.770. The first-order valence-corrected chi connectivity index (χ1v) is 6.58. The first-order valence-electron chi connectivity index (χ1n) is 5.82. The van der Waals surface area contributed by atoms with Crippen molar-refractivity contribution in [1.82, 2.24) is 4.90 Å². The second-order valence-corrected chi connectivity index (χ2v) is 5.22. The van der Waals surface area contributed by atoms with Gasteiger partial charge in [0.1, 0.15) is 0 Å². The Morgan fingerprint density at radius 2 is 1.89 bits per heavy atom. The van der Waals surface area contributed by atoms with Crippen molar-refractivity contribution in [3.8, 4) is 0 Å². The number of nitrogens with zero attached hydrogens (tertiary/aromatic N) is 1. The Bertz CT molecular complexity index is 403. The van der Waals surface area contributed by atoms with Crippen LogP contribution in [0.25, 0.3) is 0 Å². The molecule has 0 spiro atoms. The van der Waals surface area contributed by atoms with E-state index >= 15 is 0 Å². The van der Waals surface area contributed by atoms with Gasteiger partial charge in [0.05, 0.1) is 5.92 Å². The van der Waals surface area contributed by atoms with Crippen LogP contribution in [0.3, 0.4) is 0 Å². The Kier molecular flexibility index (Phi) is 5.93. The second kappa shape index (κ2) is 6.98. The molecule has 3 nitrogen and oxygen atoms in total. The molecule has 1 unspecified atom stereocenters. The number of hydrogen-bond acceptors (Lipinski definition) is 2. The summed E-state index contributed by atoms with van der Waals surface area (Å²) in [6.45, 7) is 5.64. The van der Waals surface area contributed by atoms with Crippen LogP contribution in [-0.2, 0) is 11.3 Å². The van der Waals surface area contributed by atoms with Crippen LogP contribution >= 0.6 is 23.2 Å². The van der Waals surface area contributed by atoms with Crippen LogP contribution in [0.4, 0.5) is 0 Å². The van der Waals surface area contributed by atoms with Crippen LogP contribution in [0.5, 0.6) is 0 Å². The zero-order chi connectivity index (χ0) is 13.7. The molecule has 0 heterocycles. The van der Waals surface area contributed by atoms with Gasteiger partial charge in [0.25, 0.3) is 0 Å². The van der Waals surface area contributed by atoms with Crippen molar-refractivity contribution in [3.63, 3.8) is 0 Å². The fourth-order valence-electron chi connectivity index (χ4n) is 1.73. The van der Waals surface area contributed by atoms with Gasteiger partial charge in [0.2, 0.25) is 0 Å². The summed E-state index contributed by atoms with van der Waals surface area (Å²) in [6, 6.07) is 5.38. The molecule has 5 heteroatoms.